The Balaban J connectivity index is 2.73. The summed E-state index contributed by atoms with van der Waals surface area (Å²) in [6.45, 7) is 4.06. The largest absolute Gasteiger partial charge is 0.350 e. The zero-order valence-corrected chi connectivity index (χ0v) is 10.9. The first-order chi connectivity index (χ1) is 7.54. The van der Waals surface area contributed by atoms with Gasteiger partial charge in [0.2, 0.25) is 0 Å². The molecule has 0 radical (unpaired) electrons. The van der Waals surface area contributed by atoms with Gasteiger partial charge in [-0.25, -0.2) is 0 Å². The molecule has 0 fully saturated rings. The van der Waals surface area contributed by atoms with E-state index in [1.807, 2.05) is 6.92 Å². The smallest absolute Gasteiger partial charge is 0.253 e. The van der Waals surface area contributed by atoms with Gasteiger partial charge >= 0.3 is 0 Å². The molecular formula is C12H15Cl2NO. The SMILES string of the molecule is CCC[C@H](C)NC(=O)c1ccc(Cl)cc1Cl. The Morgan fingerprint density at radius 3 is 2.69 bits per heavy atom. The van der Waals surface area contributed by atoms with Gasteiger partial charge in [0.25, 0.3) is 5.91 Å². The second-order valence-corrected chi connectivity index (χ2v) is 4.63. The van der Waals surface area contributed by atoms with E-state index in [0.29, 0.717) is 15.6 Å². The highest BCUT2D eigenvalue weighted by atomic mass is 35.5. The van der Waals surface area contributed by atoms with Gasteiger partial charge in [-0.3, -0.25) is 4.79 Å². The van der Waals surface area contributed by atoms with E-state index in [1.54, 1.807) is 18.2 Å². The van der Waals surface area contributed by atoms with Crippen molar-refractivity contribution in [3.05, 3.63) is 33.8 Å². The van der Waals surface area contributed by atoms with Crippen molar-refractivity contribution in [2.45, 2.75) is 32.7 Å². The van der Waals surface area contributed by atoms with Gasteiger partial charge in [-0.2, -0.15) is 0 Å². The number of amides is 1. The van der Waals surface area contributed by atoms with E-state index < -0.39 is 0 Å². The molecule has 0 saturated carbocycles. The van der Waals surface area contributed by atoms with E-state index >= 15 is 0 Å². The first kappa shape index (κ1) is 13.3. The highest BCUT2D eigenvalue weighted by molar-refractivity contribution is 6.36. The lowest BCUT2D eigenvalue weighted by molar-refractivity contribution is 0.0938. The third kappa shape index (κ3) is 3.69. The Hall–Kier alpha value is -0.730. The fourth-order valence-electron chi connectivity index (χ4n) is 1.48. The molecule has 1 atom stereocenters. The lowest BCUT2D eigenvalue weighted by Crippen LogP contribution is -2.32. The number of nitrogens with one attached hydrogen (secondary N) is 1. The summed E-state index contributed by atoms with van der Waals surface area (Å²) in [7, 11) is 0. The van der Waals surface area contributed by atoms with E-state index in [0.717, 1.165) is 12.8 Å². The van der Waals surface area contributed by atoms with Crippen LogP contribution in [0, 0.1) is 0 Å². The van der Waals surface area contributed by atoms with Crippen LogP contribution in [0.3, 0.4) is 0 Å². The van der Waals surface area contributed by atoms with Crippen LogP contribution >= 0.6 is 23.2 Å². The Morgan fingerprint density at radius 1 is 1.44 bits per heavy atom. The van der Waals surface area contributed by atoms with Crippen LogP contribution in [-0.4, -0.2) is 11.9 Å². The molecule has 0 aliphatic carbocycles. The molecule has 0 aliphatic rings. The molecule has 0 aliphatic heterocycles. The standard InChI is InChI=1S/C12H15Cl2NO/c1-3-4-8(2)15-12(16)10-6-5-9(13)7-11(10)14/h5-8H,3-4H2,1-2H3,(H,15,16)/t8-/m0/s1. The second-order valence-electron chi connectivity index (χ2n) is 3.79. The first-order valence-electron chi connectivity index (χ1n) is 5.30. The third-order valence-corrected chi connectivity index (χ3v) is 2.82. The van der Waals surface area contributed by atoms with Gasteiger partial charge in [0.05, 0.1) is 10.6 Å². The average molecular weight is 260 g/mol. The molecule has 0 aromatic heterocycles. The molecule has 1 aromatic carbocycles. The summed E-state index contributed by atoms with van der Waals surface area (Å²) in [5.41, 5.74) is 0.467. The number of hydrogen-bond donors (Lipinski definition) is 1. The summed E-state index contributed by atoms with van der Waals surface area (Å²) in [5.74, 6) is -0.150. The lowest BCUT2D eigenvalue weighted by atomic mass is 10.1. The predicted molar refractivity (Wildman–Crippen MR) is 68.3 cm³/mol. The number of halogens is 2. The zero-order valence-electron chi connectivity index (χ0n) is 9.39. The molecule has 0 heterocycles. The summed E-state index contributed by atoms with van der Waals surface area (Å²) < 4.78 is 0. The fourth-order valence-corrected chi connectivity index (χ4v) is 1.97. The molecule has 1 N–H and O–H groups in total. The van der Waals surface area contributed by atoms with Crippen molar-refractivity contribution in [1.29, 1.82) is 0 Å². The molecule has 0 unspecified atom stereocenters. The second kappa shape index (κ2) is 6.12. The van der Waals surface area contributed by atoms with E-state index in [4.69, 9.17) is 23.2 Å². The Kier molecular flexibility index (Phi) is 5.10. The van der Waals surface area contributed by atoms with Crippen molar-refractivity contribution < 1.29 is 4.79 Å². The minimum atomic E-state index is -0.150. The molecule has 16 heavy (non-hydrogen) atoms. The van der Waals surface area contributed by atoms with Crippen molar-refractivity contribution in [2.24, 2.45) is 0 Å². The topological polar surface area (TPSA) is 29.1 Å². The summed E-state index contributed by atoms with van der Waals surface area (Å²) >= 11 is 11.7. The molecular weight excluding hydrogens is 245 g/mol. The molecule has 2 nitrogen and oxygen atoms in total. The van der Waals surface area contributed by atoms with E-state index in [9.17, 15) is 4.79 Å². The van der Waals surface area contributed by atoms with Crippen LogP contribution in [0.5, 0.6) is 0 Å². The van der Waals surface area contributed by atoms with Crippen molar-refractivity contribution >= 4 is 29.1 Å². The van der Waals surface area contributed by atoms with Crippen LogP contribution in [0.4, 0.5) is 0 Å². The zero-order chi connectivity index (χ0) is 12.1. The van der Waals surface area contributed by atoms with Gasteiger partial charge in [-0.15, -0.1) is 0 Å². The van der Waals surface area contributed by atoms with Crippen LogP contribution in [0.1, 0.15) is 37.0 Å². The molecule has 0 bridgehead atoms. The van der Waals surface area contributed by atoms with E-state index in [-0.39, 0.29) is 11.9 Å². The number of benzene rings is 1. The van der Waals surface area contributed by atoms with Gasteiger partial charge in [0, 0.05) is 11.1 Å². The summed E-state index contributed by atoms with van der Waals surface area (Å²) in [6.07, 6.45) is 1.99. The highest BCUT2D eigenvalue weighted by Crippen LogP contribution is 2.20. The van der Waals surface area contributed by atoms with Crippen LogP contribution in [-0.2, 0) is 0 Å². The average Bonchev–Trinajstić information content (AvgIpc) is 2.17. The van der Waals surface area contributed by atoms with Crippen LogP contribution in [0.25, 0.3) is 0 Å². The fraction of sp³-hybridized carbons (Fsp3) is 0.417. The minimum Gasteiger partial charge on any atom is -0.350 e. The molecule has 1 amide bonds. The molecule has 0 saturated heterocycles. The predicted octanol–water partition coefficient (Wildman–Crippen LogP) is 3.91. The summed E-state index contributed by atoms with van der Waals surface area (Å²) in [4.78, 5) is 11.8. The van der Waals surface area contributed by atoms with Gasteiger partial charge in [0.1, 0.15) is 0 Å². The highest BCUT2D eigenvalue weighted by Gasteiger charge is 2.12. The van der Waals surface area contributed by atoms with Crippen molar-refractivity contribution in [3.8, 4) is 0 Å². The Morgan fingerprint density at radius 2 is 2.12 bits per heavy atom. The number of hydrogen-bond acceptors (Lipinski definition) is 1. The van der Waals surface area contributed by atoms with Crippen molar-refractivity contribution in [1.82, 2.24) is 5.32 Å². The number of carbonyl (C=O) groups excluding carboxylic acids is 1. The maximum atomic E-state index is 11.8. The summed E-state index contributed by atoms with van der Waals surface area (Å²) in [5, 5.41) is 3.80. The molecule has 1 rings (SSSR count). The molecule has 1 aromatic rings. The van der Waals surface area contributed by atoms with E-state index in [1.165, 1.54) is 0 Å². The Bertz CT molecular complexity index is 379. The lowest BCUT2D eigenvalue weighted by Gasteiger charge is -2.13. The van der Waals surface area contributed by atoms with Gasteiger partial charge in [-0.05, 0) is 31.5 Å². The molecule has 4 heteroatoms. The van der Waals surface area contributed by atoms with Gasteiger partial charge < -0.3 is 5.32 Å². The number of carbonyl (C=O) groups is 1. The quantitative estimate of drug-likeness (QED) is 0.873. The van der Waals surface area contributed by atoms with Crippen LogP contribution in [0.15, 0.2) is 18.2 Å². The molecule has 0 spiro atoms. The summed E-state index contributed by atoms with van der Waals surface area (Å²) in [6, 6.07) is 5.03. The maximum Gasteiger partial charge on any atom is 0.253 e. The van der Waals surface area contributed by atoms with Crippen LogP contribution < -0.4 is 5.32 Å². The van der Waals surface area contributed by atoms with Gasteiger partial charge in [-0.1, -0.05) is 36.5 Å². The van der Waals surface area contributed by atoms with Crippen molar-refractivity contribution in [3.63, 3.8) is 0 Å². The van der Waals surface area contributed by atoms with Crippen molar-refractivity contribution in [2.75, 3.05) is 0 Å². The number of rotatable bonds is 4. The van der Waals surface area contributed by atoms with Gasteiger partial charge in [0.15, 0.2) is 0 Å². The monoisotopic (exact) mass is 259 g/mol. The molecule has 88 valence electrons. The van der Waals surface area contributed by atoms with E-state index in [2.05, 4.69) is 12.2 Å². The minimum absolute atomic E-state index is 0.150. The van der Waals surface area contributed by atoms with Crippen LogP contribution in [0.2, 0.25) is 10.0 Å². The third-order valence-electron chi connectivity index (χ3n) is 2.27. The first-order valence-corrected chi connectivity index (χ1v) is 6.06. The normalized spacial score (nSPS) is 12.2. The maximum absolute atomic E-state index is 11.8. The Labute approximate surface area is 106 Å².